The molecule has 1 atom stereocenters. The maximum atomic E-state index is 5.92. The first-order valence-corrected chi connectivity index (χ1v) is 8.75. The van der Waals surface area contributed by atoms with Gasteiger partial charge >= 0.3 is 0 Å². The van der Waals surface area contributed by atoms with Crippen LogP contribution in [-0.2, 0) is 6.42 Å². The predicted molar refractivity (Wildman–Crippen MR) is 102 cm³/mol. The number of anilines is 2. The van der Waals surface area contributed by atoms with E-state index in [1.165, 1.54) is 17.5 Å². The molecule has 126 valence electrons. The molecule has 4 nitrogen and oxygen atoms in total. The Hall–Kier alpha value is -2.88. The first-order valence-electron chi connectivity index (χ1n) is 8.75. The molecule has 1 aromatic heterocycles. The van der Waals surface area contributed by atoms with Crippen LogP contribution in [0.15, 0.2) is 54.6 Å². The molecule has 0 radical (unpaired) electrons. The first-order chi connectivity index (χ1) is 12.2. The van der Waals surface area contributed by atoms with Crippen molar-refractivity contribution < 1.29 is 0 Å². The van der Waals surface area contributed by atoms with Gasteiger partial charge < -0.3 is 11.1 Å². The van der Waals surface area contributed by atoms with Crippen molar-refractivity contribution in [3.63, 3.8) is 0 Å². The van der Waals surface area contributed by atoms with E-state index in [0.29, 0.717) is 6.04 Å². The lowest BCUT2D eigenvalue weighted by molar-refractivity contribution is 0.598. The highest BCUT2D eigenvalue weighted by atomic mass is 15.0. The lowest BCUT2D eigenvalue weighted by Crippen LogP contribution is -2.18. The number of rotatable bonds is 3. The minimum absolute atomic E-state index is 0.299. The topological polar surface area (TPSA) is 63.8 Å². The number of nitrogen functional groups attached to an aromatic ring is 1. The molecule has 1 aliphatic rings. The van der Waals surface area contributed by atoms with Crippen molar-refractivity contribution in [2.24, 2.45) is 0 Å². The summed E-state index contributed by atoms with van der Waals surface area (Å²) in [5.41, 5.74) is 11.4. The number of nitrogens with one attached hydrogen (secondary N) is 1. The molecule has 0 spiro atoms. The Balaban J connectivity index is 1.66. The number of hydrogen-bond donors (Lipinski definition) is 2. The van der Waals surface area contributed by atoms with Crippen LogP contribution in [-0.4, -0.2) is 9.97 Å². The summed E-state index contributed by atoms with van der Waals surface area (Å²) in [5, 5.41) is 3.62. The first kappa shape index (κ1) is 15.6. The van der Waals surface area contributed by atoms with Gasteiger partial charge in [0.1, 0.15) is 11.6 Å². The van der Waals surface area contributed by atoms with E-state index >= 15 is 0 Å². The van der Waals surface area contributed by atoms with E-state index in [-0.39, 0.29) is 0 Å². The molecule has 1 heterocycles. The molecule has 0 saturated heterocycles. The Labute approximate surface area is 148 Å². The summed E-state index contributed by atoms with van der Waals surface area (Å²) >= 11 is 0. The Morgan fingerprint density at radius 3 is 2.80 bits per heavy atom. The van der Waals surface area contributed by atoms with Crippen LogP contribution < -0.4 is 11.1 Å². The maximum absolute atomic E-state index is 5.92. The van der Waals surface area contributed by atoms with E-state index in [9.17, 15) is 0 Å². The summed E-state index contributed by atoms with van der Waals surface area (Å²) < 4.78 is 0. The van der Waals surface area contributed by atoms with Crippen molar-refractivity contribution in [1.29, 1.82) is 0 Å². The monoisotopic (exact) mass is 330 g/mol. The molecule has 1 aliphatic carbocycles. The highest BCUT2D eigenvalue weighted by Crippen LogP contribution is 2.32. The summed E-state index contributed by atoms with van der Waals surface area (Å²) in [6.45, 7) is 1.93. The highest BCUT2D eigenvalue weighted by molar-refractivity contribution is 5.66. The second-order valence-electron chi connectivity index (χ2n) is 6.60. The quantitative estimate of drug-likeness (QED) is 0.693. The highest BCUT2D eigenvalue weighted by Gasteiger charge is 2.20. The van der Waals surface area contributed by atoms with Gasteiger partial charge in [-0.15, -0.1) is 0 Å². The fraction of sp³-hybridized carbons (Fsp3) is 0.238. The zero-order chi connectivity index (χ0) is 17.2. The van der Waals surface area contributed by atoms with Gasteiger partial charge in [-0.25, -0.2) is 9.97 Å². The minimum Gasteiger partial charge on any atom is -0.399 e. The van der Waals surface area contributed by atoms with Gasteiger partial charge in [0, 0.05) is 17.3 Å². The van der Waals surface area contributed by atoms with Crippen molar-refractivity contribution >= 4 is 11.5 Å². The van der Waals surface area contributed by atoms with Gasteiger partial charge in [-0.1, -0.05) is 36.4 Å². The SMILES string of the molecule is Cc1nc(N[C@@H]2CCCc3ccccc32)cc(-c2cccc(N)c2)n1. The molecule has 3 N–H and O–H groups in total. The van der Waals surface area contributed by atoms with E-state index in [4.69, 9.17) is 5.73 Å². The number of aryl methyl sites for hydroxylation is 2. The number of fused-ring (bicyclic) bond motifs is 1. The predicted octanol–water partition coefficient (Wildman–Crippen LogP) is 4.52. The Kier molecular flexibility index (Phi) is 4.10. The molecule has 25 heavy (non-hydrogen) atoms. The van der Waals surface area contributed by atoms with Gasteiger partial charge in [0.05, 0.1) is 11.7 Å². The second kappa shape index (κ2) is 6.55. The van der Waals surface area contributed by atoms with Gasteiger partial charge in [-0.05, 0) is 49.4 Å². The van der Waals surface area contributed by atoms with E-state index in [0.717, 1.165) is 41.4 Å². The number of hydrogen-bond acceptors (Lipinski definition) is 4. The summed E-state index contributed by atoms with van der Waals surface area (Å²) in [6.07, 6.45) is 3.47. The smallest absolute Gasteiger partial charge is 0.130 e. The van der Waals surface area contributed by atoms with Crippen LogP contribution in [0.4, 0.5) is 11.5 Å². The molecule has 2 aromatic carbocycles. The standard InChI is InChI=1S/C21H22N4/c1-14-23-20(16-8-4-9-17(22)12-16)13-21(24-14)25-19-11-5-7-15-6-2-3-10-18(15)19/h2-4,6,8-10,12-13,19H,5,7,11,22H2,1H3,(H,23,24,25)/t19-/m1/s1. The van der Waals surface area contributed by atoms with Crippen molar-refractivity contribution in [3.05, 3.63) is 71.5 Å². The van der Waals surface area contributed by atoms with Crippen molar-refractivity contribution in [3.8, 4) is 11.3 Å². The van der Waals surface area contributed by atoms with Gasteiger partial charge in [0.25, 0.3) is 0 Å². The fourth-order valence-electron chi connectivity index (χ4n) is 3.57. The summed E-state index contributed by atoms with van der Waals surface area (Å²) in [5.74, 6) is 1.62. The Bertz CT molecular complexity index is 904. The lowest BCUT2D eigenvalue weighted by Gasteiger charge is -2.27. The van der Waals surface area contributed by atoms with Crippen LogP contribution in [0.2, 0.25) is 0 Å². The molecule has 0 amide bonds. The van der Waals surface area contributed by atoms with Gasteiger partial charge in [0.15, 0.2) is 0 Å². The zero-order valence-electron chi connectivity index (χ0n) is 14.4. The molecule has 3 aromatic rings. The Morgan fingerprint density at radius 1 is 1.04 bits per heavy atom. The van der Waals surface area contributed by atoms with Crippen LogP contribution in [0.3, 0.4) is 0 Å². The average molecular weight is 330 g/mol. The molecule has 0 unspecified atom stereocenters. The van der Waals surface area contributed by atoms with Crippen LogP contribution >= 0.6 is 0 Å². The van der Waals surface area contributed by atoms with E-state index in [1.54, 1.807) is 0 Å². The number of nitrogens with two attached hydrogens (primary N) is 1. The molecular formula is C21H22N4. The fourth-order valence-corrected chi connectivity index (χ4v) is 3.57. The molecule has 4 rings (SSSR count). The molecule has 0 bridgehead atoms. The van der Waals surface area contributed by atoms with Crippen LogP contribution in [0.25, 0.3) is 11.3 Å². The molecule has 0 aliphatic heterocycles. The molecule has 4 heteroatoms. The summed E-state index contributed by atoms with van der Waals surface area (Å²) in [4.78, 5) is 9.17. The summed E-state index contributed by atoms with van der Waals surface area (Å²) in [6, 6.07) is 18.8. The number of nitrogens with zero attached hydrogens (tertiary/aromatic N) is 2. The van der Waals surface area contributed by atoms with Crippen LogP contribution in [0, 0.1) is 6.92 Å². The number of aromatic nitrogens is 2. The molecular weight excluding hydrogens is 308 g/mol. The van der Waals surface area contributed by atoms with E-state index in [1.807, 2.05) is 37.3 Å². The number of benzene rings is 2. The van der Waals surface area contributed by atoms with Gasteiger partial charge in [0.2, 0.25) is 0 Å². The maximum Gasteiger partial charge on any atom is 0.130 e. The molecule has 0 fully saturated rings. The minimum atomic E-state index is 0.299. The van der Waals surface area contributed by atoms with Crippen LogP contribution in [0.1, 0.15) is 35.8 Å². The van der Waals surface area contributed by atoms with Gasteiger partial charge in [-0.2, -0.15) is 0 Å². The zero-order valence-corrected chi connectivity index (χ0v) is 14.4. The summed E-state index contributed by atoms with van der Waals surface area (Å²) in [7, 11) is 0. The van der Waals surface area contributed by atoms with Crippen LogP contribution in [0.5, 0.6) is 0 Å². The lowest BCUT2D eigenvalue weighted by atomic mass is 9.88. The van der Waals surface area contributed by atoms with E-state index < -0.39 is 0 Å². The molecule has 0 saturated carbocycles. The average Bonchev–Trinajstić information content (AvgIpc) is 2.62. The third-order valence-electron chi connectivity index (χ3n) is 4.71. The van der Waals surface area contributed by atoms with Crippen molar-refractivity contribution in [2.75, 3.05) is 11.1 Å². The normalized spacial score (nSPS) is 16.3. The Morgan fingerprint density at radius 2 is 1.92 bits per heavy atom. The van der Waals surface area contributed by atoms with E-state index in [2.05, 4.69) is 39.6 Å². The largest absolute Gasteiger partial charge is 0.399 e. The third kappa shape index (κ3) is 3.33. The second-order valence-corrected chi connectivity index (χ2v) is 6.60. The van der Waals surface area contributed by atoms with Gasteiger partial charge in [-0.3, -0.25) is 0 Å². The van der Waals surface area contributed by atoms with Crippen molar-refractivity contribution in [1.82, 2.24) is 9.97 Å². The third-order valence-corrected chi connectivity index (χ3v) is 4.71. The van der Waals surface area contributed by atoms with Crippen molar-refractivity contribution in [2.45, 2.75) is 32.2 Å².